The van der Waals surface area contributed by atoms with E-state index in [0.29, 0.717) is 6.42 Å². The van der Waals surface area contributed by atoms with Crippen molar-refractivity contribution in [2.24, 2.45) is 0 Å². The SMILES string of the molecule is CCC(CC#N)NC(=O)c1ccc(Cl)cc1F. The molecule has 0 aromatic heterocycles. The van der Waals surface area contributed by atoms with Crippen molar-refractivity contribution in [3.05, 3.63) is 34.6 Å². The first-order chi connectivity index (χ1) is 8.08. The van der Waals surface area contributed by atoms with Crippen LogP contribution >= 0.6 is 11.6 Å². The first kappa shape index (κ1) is 13.5. The Balaban J connectivity index is 2.79. The van der Waals surface area contributed by atoms with Gasteiger partial charge in [-0.15, -0.1) is 0 Å². The third-order valence-corrected chi connectivity index (χ3v) is 2.58. The summed E-state index contributed by atoms with van der Waals surface area (Å²) in [5.41, 5.74) is -0.0641. The molecule has 1 aromatic rings. The van der Waals surface area contributed by atoms with Crippen LogP contribution in [-0.2, 0) is 0 Å². The lowest BCUT2D eigenvalue weighted by molar-refractivity contribution is 0.0932. The van der Waals surface area contributed by atoms with E-state index in [0.717, 1.165) is 6.07 Å². The van der Waals surface area contributed by atoms with Gasteiger partial charge in [0.2, 0.25) is 0 Å². The Hall–Kier alpha value is -1.60. The molecule has 0 bridgehead atoms. The normalized spacial score (nSPS) is 11.6. The van der Waals surface area contributed by atoms with Crippen LogP contribution in [0.25, 0.3) is 0 Å². The Morgan fingerprint density at radius 2 is 2.35 bits per heavy atom. The van der Waals surface area contributed by atoms with Crippen LogP contribution in [0.2, 0.25) is 5.02 Å². The average Bonchev–Trinajstić information content (AvgIpc) is 2.28. The number of amides is 1. The van der Waals surface area contributed by atoms with Crippen LogP contribution in [0, 0.1) is 17.1 Å². The molecule has 0 aliphatic heterocycles. The van der Waals surface area contributed by atoms with E-state index < -0.39 is 11.7 Å². The summed E-state index contributed by atoms with van der Waals surface area (Å²) in [4.78, 5) is 11.7. The summed E-state index contributed by atoms with van der Waals surface area (Å²) in [6.45, 7) is 1.85. The van der Waals surface area contributed by atoms with Crippen LogP contribution in [-0.4, -0.2) is 11.9 Å². The molecule has 0 saturated heterocycles. The van der Waals surface area contributed by atoms with Gasteiger partial charge in [-0.05, 0) is 24.6 Å². The quantitative estimate of drug-likeness (QED) is 0.898. The second-order valence-electron chi connectivity index (χ2n) is 3.57. The van der Waals surface area contributed by atoms with Crippen LogP contribution in [0.3, 0.4) is 0 Å². The highest BCUT2D eigenvalue weighted by Gasteiger charge is 2.15. The molecule has 1 atom stereocenters. The summed E-state index contributed by atoms with van der Waals surface area (Å²) in [5, 5.41) is 11.4. The van der Waals surface area contributed by atoms with Crippen molar-refractivity contribution in [1.82, 2.24) is 5.32 Å². The maximum absolute atomic E-state index is 13.4. The molecule has 1 rings (SSSR count). The molecule has 90 valence electrons. The van der Waals surface area contributed by atoms with E-state index in [2.05, 4.69) is 5.32 Å². The topological polar surface area (TPSA) is 52.9 Å². The Morgan fingerprint density at radius 3 is 2.88 bits per heavy atom. The van der Waals surface area contributed by atoms with Crippen molar-refractivity contribution in [2.75, 3.05) is 0 Å². The van der Waals surface area contributed by atoms with Crippen molar-refractivity contribution in [3.8, 4) is 6.07 Å². The van der Waals surface area contributed by atoms with E-state index in [-0.39, 0.29) is 23.0 Å². The molecule has 0 fully saturated rings. The molecule has 1 N–H and O–H groups in total. The molecule has 17 heavy (non-hydrogen) atoms. The molecule has 0 radical (unpaired) electrons. The predicted octanol–water partition coefficient (Wildman–Crippen LogP) is 2.90. The fourth-order valence-electron chi connectivity index (χ4n) is 1.34. The molecule has 5 heteroatoms. The third kappa shape index (κ3) is 3.72. The number of rotatable bonds is 4. The lowest BCUT2D eigenvalue weighted by Gasteiger charge is -2.13. The second kappa shape index (κ2) is 6.21. The second-order valence-corrected chi connectivity index (χ2v) is 4.00. The highest BCUT2D eigenvalue weighted by Crippen LogP contribution is 2.14. The van der Waals surface area contributed by atoms with Gasteiger partial charge in [0.15, 0.2) is 0 Å². The van der Waals surface area contributed by atoms with E-state index in [1.807, 2.05) is 13.0 Å². The van der Waals surface area contributed by atoms with Gasteiger partial charge in [0.1, 0.15) is 5.82 Å². The Kier molecular flexibility index (Phi) is 4.92. The lowest BCUT2D eigenvalue weighted by atomic mass is 10.1. The van der Waals surface area contributed by atoms with Crippen LogP contribution in [0.15, 0.2) is 18.2 Å². The van der Waals surface area contributed by atoms with Gasteiger partial charge in [-0.2, -0.15) is 5.26 Å². The maximum Gasteiger partial charge on any atom is 0.254 e. The lowest BCUT2D eigenvalue weighted by Crippen LogP contribution is -2.34. The minimum atomic E-state index is -0.665. The van der Waals surface area contributed by atoms with Gasteiger partial charge in [0.25, 0.3) is 5.91 Å². The summed E-state index contributed by atoms with van der Waals surface area (Å²) in [5.74, 6) is -1.19. The first-order valence-corrected chi connectivity index (χ1v) is 5.59. The van der Waals surface area contributed by atoms with Gasteiger partial charge in [-0.1, -0.05) is 18.5 Å². The van der Waals surface area contributed by atoms with E-state index >= 15 is 0 Å². The number of benzene rings is 1. The van der Waals surface area contributed by atoms with Crippen molar-refractivity contribution in [3.63, 3.8) is 0 Å². The molecule has 1 amide bonds. The average molecular weight is 255 g/mol. The van der Waals surface area contributed by atoms with Gasteiger partial charge in [0, 0.05) is 11.1 Å². The molecular weight excluding hydrogens is 243 g/mol. The van der Waals surface area contributed by atoms with Gasteiger partial charge in [-0.3, -0.25) is 4.79 Å². The molecule has 0 heterocycles. The molecular formula is C12H12ClFN2O. The van der Waals surface area contributed by atoms with Gasteiger partial charge >= 0.3 is 0 Å². The van der Waals surface area contributed by atoms with E-state index in [9.17, 15) is 9.18 Å². The number of halogens is 2. The maximum atomic E-state index is 13.4. The van der Waals surface area contributed by atoms with Crippen molar-refractivity contribution in [2.45, 2.75) is 25.8 Å². The van der Waals surface area contributed by atoms with Gasteiger partial charge < -0.3 is 5.32 Å². The number of carbonyl (C=O) groups excluding carboxylic acids is 1. The van der Waals surface area contributed by atoms with Gasteiger partial charge in [0.05, 0.1) is 18.1 Å². The summed E-state index contributed by atoms with van der Waals surface area (Å²) in [7, 11) is 0. The van der Waals surface area contributed by atoms with Crippen LogP contribution in [0.1, 0.15) is 30.1 Å². The smallest absolute Gasteiger partial charge is 0.254 e. The number of nitrogens with one attached hydrogen (secondary N) is 1. The standard InChI is InChI=1S/C12H12ClFN2O/c1-2-9(5-6-15)16-12(17)10-4-3-8(13)7-11(10)14/h3-4,7,9H,2,5H2,1H3,(H,16,17). The molecule has 1 unspecified atom stereocenters. The van der Waals surface area contributed by atoms with E-state index in [1.165, 1.54) is 12.1 Å². The Morgan fingerprint density at radius 1 is 1.65 bits per heavy atom. The highest BCUT2D eigenvalue weighted by molar-refractivity contribution is 6.30. The number of hydrogen-bond donors (Lipinski definition) is 1. The van der Waals surface area contributed by atoms with Crippen LogP contribution in [0.5, 0.6) is 0 Å². The minimum absolute atomic E-state index is 0.0641. The highest BCUT2D eigenvalue weighted by atomic mass is 35.5. The monoisotopic (exact) mass is 254 g/mol. The predicted molar refractivity (Wildman–Crippen MR) is 63.2 cm³/mol. The number of nitrogens with zero attached hydrogens (tertiary/aromatic N) is 1. The summed E-state index contributed by atoms with van der Waals surface area (Å²) in [6.07, 6.45) is 0.825. The summed E-state index contributed by atoms with van der Waals surface area (Å²) in [6, 6.07) is 5.57. The fourth-order valence-corrected chi connectivity index (χ4v) is 1.50. The minimum Gasteiger partial charge on any atom is -0.348 e. The summed E-state index contributed by atoms with van der Waals surface area (Å²) >= 11 is 5.59. The van der Waals surface area contributed by atoms with Crippen molar-refractivity contribution in [1.29, 1.82) is 5.26 Å². The molecule has 1 aromatic carbocycles. The molecule has 0 aliphatic carbocycles. The number of carbonyl (C=O) groups is 1. The van der Waals surface area contributed by atoms with Crippen LogP contribution in [0.4, 0.5) is 4.39 Å². The molecule has 3 nitrogen and oxygen atoms in total. The number of hydrogen-bond acceptors (Lipinski definition) is 2. The zero-order valence-corrected chi connectivity index (χ0v) is 10.1. The van der Waals surface area contributed by atoms with Crippen molar-refractivity contribution < 1.29 is 9.18 Å². The zero-order chi connectivity index (χ0) is 12.8. The van der Waals surface area contributed by atoms with Gasteiger partial charge in [-0.25, -0.2) is 4.39 Å². The first-order valence-electron chi connectivity index (χ1n) is 5.21. The Bertz CT molecular complexity index is 456. The summed E-state index contributed by atoms with van der Waals surface area (Å²) < 4.78 is 13.4. The molecule has 0 spiro atoms. The Labute approximate surface area is 104 Å². The third-order valence-electron chi connectivity index (χ3n) is 2.34. The zero-order valence-electron chi connectivity index (χ0n) is 9.34. The van der Waals surface area contributed by atoms with Crippen molar-refractivity contribution >= 4 is 17.5 Å². The molecule has 0 aliphatic rings. The largest absolute Gasteiger partial charge is 0.348 e. The van der Waals surface area contributed by atoms with Crippen LogP contribution < -0.4 is 5.32 Å². The van der Waals surface area contributed by atoms with E-state index in [1.54, 1.807) is 0 Å². The van der Waals surface area contributed by atoms with E-state index in [4.69, 9.17) is 16.9 Å². The number of nitriles is 1. The molecule has 0 saturated carbocycles. The fraction of sp³-hybridized carbons (Fsp3) is 0.333.